The summed E-state index contributed by atoms with van der Waals surface area (Å²) in [4.78, 5) is 24.8. The van der Waals surface area contributed by atoms with E-state index in [-0.39, 0.29) is 23.7 Å². The molecule has 1 saturated carbocycles. The summed E-state index contributed by atoms with van der Waals surface area (Å²) in [5, 5.41) is 10.8. The Hall–Kier alpha value is -2.65. The van der Waals surface area contributed by atoms with Gasteiger partial charge in [-0.1, -0.05) is 28.9 Å². The fraction of sp³-hybridized carbons (Fsp3) is 0.348. The molecule has 0 radical (unpaired) electrons. The van der Waals surface area contributed by atoms with Crippen LogP contribution >= 0.6 is 15.9 Å². The number of benzene rings is 2. The molecule has 3 aromatic rings. The van der Waals surface area contributed by atoms with Crippen molar-refractivity contribution in [3.8, 4) is 6.07 Å². The Morgan fingerprint density at radius 3 is 2.59 bits per heavy atom. The maximum Gasteiger partial charge on any atom is 0.309 e. The van der Waals surface area contributed by atoms with E-state index in [1.54, 1.807) is 19.1 Å². The van der Waals surface area contributed by atoms with E-state index in [2.05, 4.69) is 22.0 Å². The average Bonchev–Trinajstić information content (AvgIpc) is 3.35. The fourth-order valence-electron chi connectivity index (χ4n) is 3.82. The van der Waals surface area contributed by atoms with E-state index in [0.717, 1.165) is 33.7 Å². The standard InChI is InChI=1S/C23H20BrNO4/c1-14(12-23(6-7-23)8-9-25)22(27)28-13-19(26)15-2-4-17-18-5-3-16(24)11-21(18)29-20(17)10-15/h2-5,10-11,14H,6-8,12-13H2,1H3/t14-/m0/s1. The van der Waals surface area contributed by atoms with Crippen LogP contribution in [0.15, 0.2) is 45.3 Å². The average molecular weight is 454 g/mol. The molecule has 29 heavy (non-hydrogen) atoms. The summed E-state index contributed by atoms with van der Waals surface area (Å²) in [5.74, 6) is -0.987. The summed E-state index contributed by atoms with van der Waals surface area (Å²) in [6.45, 7) is 1.49. The van der Waals surface area contributed by atoms with E-state index < -0.39 is 5.97 Å². The van der Waals surface area contributed by atoms with Crippen molar-refractivity contribution in [1.82, 2.24) is 0 Å². The van der Waals surface area contributed by atoms with Crippen LogP contribution in [0.4, 0.5) is 0 Å². The Morgan fingerprint density at radius 2 is 1.90 bits per heavy atom. The van der Waals surface area contributed by atoms with Crippen molar-refractivity contribution in [1.29, 1.82) is 5.26 Å². The van der Waals surface area contributed by atoms with Gasteiger partial charge in [-0.2, -0.15) is 5.26 Å². The molecule has 1 atom stereocenters. The molecule has 0 N–H and O–H groups in total. The summed E-state index contributed by atoms with van der Waals surface area (Å²) >= 11 is 3.43. The van der Waals surface area contributed by atoms with Crippen molar-refractivity contribution in [3.63, 3.8) is 0 Å². The van der Waals surface area contributed by atoms with Gasteiger partial charge in [0, 0.05) is 27.2 Å². The van der Waals surface area contributed by atoms with E-state index in [4.69, 9.17) is 14.4 Å². The van der Waals surface area contributed by atoms with Crippen LogP contribution in [0.3, 0.4) is 0 Å². The number of carbonyl (C=O) groups is 2. The molecule has 0 amide bonds. The molecular formula is C23H20BrNO4. The number of furan rings is 1. The van der Waals surface area contributed by atoms with Gasteiger partial charge < -0.3 is 9.15 Å². The van der Waals surface area contributed by atoms with Crippen molar-refractivity contribution in [2.24, 2.45) is 11.3 Å². The number of halogens is 1. The Bertz CT molecular complexity index is 1150. The van der Waals surface area contributed by atoms with Crippen molar-refractivity contribution < 1.29 is 18.7 Å². The number of hydrogen-bond acceptors (Lipinski definition) is 5. The van der Waals surface area contributed by atoms with E-state index in [0.29, 0.717) is 24.0 Å². The Morgan fingerprint density at radius 1 is 1.21 bits per heavy atom. The second-order valence-electron chi connectivity index (χ2n) is 7.92. The van der Waals surface area contributed by atoms with Crippen molar-refractivity contribution in [2.45, 2.75) is 32.6 Å². The fourth-order valence-corrected chi connectivity index (χ4v) is 4.16. The molecule has 1 aliphatic carbocycles. The molecule has 1 heterocycles. The second-order valence-corrected chi connectivity index (χ2v) is 8.84. The zero-order valence-corrected chi connectivity index (χ0v) is 17.6. The van der Waals surface area contributed by atoms with Gasteiger partial charge >= 0.3 is 5.97 Å². The number of fused-ring (bicyclic) bond motifs is 3. The molecule has 1 aliphatic rings. The van der Waals surface area contributed by atoms with Crippen LogP contribution in [0.1, 0.15) is 43.0 Å². The van der Waals surface area contributed by atoms with Gasteiger partial charge in [-0.15, -0.1) is 0 Å². The van der Waals surface area contributed by atoms with Crippen LogP contribution in [0.2, 0.25) is 0 Å². The third-order valence-corrected chi connectivity index (χ3v) is 6.15. The SMILES string of the molecule is C[C@@H](CC1(CC#N)CC1)C(=O)OCC(=O)c1ccc2c(c1)oc1cc(Br)ccc12. The minimum absolute atomic E-state index is 0.0292. The number of esters is 1. The number of hydrogen-bond donors (Lipinski definition) is 0. The van der Waals surface area contributed by atoms with E-state index in [9.17, 15) is 9.59 Å². The third kappa shape index (κ3) is 4.06. The van der Waals surface area contributed by atoms with Crippen molar-refractivity contribution in [2.75, 3.05) is 6.61 Å². The van der Waals surface area contributed by atoms with Crippen LogP contribution in [-0.2, 0) is 9.53 Å². The van der Waals surface area contributed by atoms with Gasteiger partial charge in [0.1, 0.15) is 11.2 Å². The summed E-state index contributed by atoms with van der Waals surface area (Å²) in [6.07, 6.45) is 3.06. The predicted molar refractivity (Wildman–Crippen MR) is 112 cm³/mol. The molecule has 0 bridgehead atoms. The molecule has 6 heteroatoms. The lowest BCUT2D eigenvalue weighted by molar-refractivity contribution is -0.147. The molecule has 148 valence electrons. The highest BCUT2D eigenvalue weighted by Crippen LogP contribution is 2.53. The molecule has 2 aromatic carbocycles. The number of ether oxygens (including phenoxy) is 1. The lowest BCUT2D eigenvalue weighted by Crippen LogP contribution is -2.22. The quantitative estimate of drug-likeness (QED) is 0.333. The molecule has 1 aromatic heterocycles. The molecule has 0 saturated heterocycles. The number of rotatable bonds is 7. The van der Waals surface area contributed by atoms with Crippen molar-refractivity contribution in [3.05, 3.63) is 46.4 Å². The minimum atomic E-state index is -0.391. The molecular weight excluding hydrogens is 434 g/mol. The van der Waals surface area contributed by atoms with E-state index in [1.807, 2.05) is 24.3 Å². The van der Waals surface area contributed by atoms with Crippen LogP contribution < -0.4 is 0 Å². The monoisotopic (exact) mass is 453 g/mol. The first-order valence-electron chi connectivity index (χ1n) is 9.59. The number of nitrogens with zero attached hydrogens (tertiary/aromatic N) is 1. The lowest BCUT2D eigenvalue weighted by atomic mass is 9.91. The zero-order chi connectivity index (χ0) is 20.6. The molecule has 1 fully saturated rings. The summed E-state index contributed by atoms with van der Waals surface area (Å²) in [7, 11) is 0. The summed E-state index contributed by atoms with van der Waals surface area (Å²) in [6, 6.07) is 13.3. The maximum atomic E-state index is 12.5. The number of ketones is 1. The largest absolute Gasteiger partial charge is 0.457 e. The Labute approximate surface area is 176 Å². The van der Waals surface area contributed by atoms with Gasteiger partial charge in [-0.05, 0) is 55.0 Å². The second kappa shape index (κ2) is 7.64. The Balaban J connectivity index is 1.41. The van der Waals surface area contributed by atoms with Gasteiger partial charge in [-0.3, -0.25) is 9.59 Å². The number of Topliss-reactive ketones (excluding diaryl/α,β-unsaturated/α-hetero) is 1. The topological polar surface area (TPSA) is 80.3 Å². The van der Waals surface area contributed by atoms with Gasteiger partial charge in [0.15, 0.2) is 12.4 Å². The van der Waals surface area contributed by atoms with Crippen LogP contribution in [0, 0.1) is 22.7 Å². The first kappa shape index (κ1) is 19.7. The normalized spacial score (nSPS) is 15.8. The van der Waals surface area contributed by atoms with Crippen LogP contribution in [0.25, 0.3) is 21.9 Å². The maximum absolute atomic E-state index is 12.5. The van der Waals surface area contributed by atoms with E-state index in [1.165, 1.54) is 0 Å². The zero-order valence-electron chi connectivity index (χ0n) is 16.0. The number of carbonyl (C=O) groups excluding carboxylic acids is 2. The minimum Gasteiger partial charge on any atom is -0.457 e. The molecule has 4 rings (SSSR count). The van der Waals surface area contributed by atoms with Gasteiger partial charge in [0.25, 0.3) is 0 Å². The van der Waals surface area contributed by atoms with Crippen molar-refractivity contribution >= 4 is 49.6 Å². The van der Waals surface area contributed by atoms with Crippen LogP contribution in [0.5, 0.6) is 0 Å². The summed E-state index contributed by atoms with van der Waals surface area (Å²) in [5.41, 5.74) is 1.78. The molecule has 0 aliphatic heterocycles. The number of nitriles is 1. The Kier molecular flexibility index (Phi) is 5.18. The third-order valence-electron chi connectivity index (χ3n) is 5.66. The smallest absolute Gasteiger partial charge is 0.309 e. The molecule has 5 nitrogen and oxygen atoms in total. The molecule has 0 unspecified atom stereocenters. The van der Waals surface area contributed by atoms with Gasteiger partial charge in [0.2, 0.25) is 0 Å². The highest BCUT2D eigenvalue weighted by Gasteiger charge is 2.44. The highest BCUT2D eigenvalue weighted by molar-refractivity contribution is 9.10. The lowest BCUT2D eigenvalue weighted by Gasteiger charge is -2.16. The first-order chi connectivity index (χ1) is 13.9. The first-order valence-corrected chi connectivity index (χ1v) is 10.4. The van der Waals surface area contributed by atoms with Crippen LogP contribution in [-0.4, -0.2) is 18.4 Å². The summed E-state index contributed by atoms with van der Waals surface area (Å²) < 4.78 is 12.0. The highest BCUT2D eigenvalue weighted by atomic mass is 79.9. The van der Waals surface area contributed by atoms with E-state index >= 15 is 0 Å². The van der Waals surface area contributed by atoms with Gasteiger partial charge in [0.05, 0.1) is 12.0 Å². The molecule has 0 spiro atoms. The predicted octanol–water partition coefficient (Wildman–Crippen LogP) is 5.79. The van der Waals surface area contributed by atoms with Gasteiger partial charge in [-0.25, -0.2) is 0 Å².